The SMILES string of the molecule is CCCc1cccc(C2=C(C)c3c(ccc(C)c3C)C2)c1CCC. The van der Waals surface area contributed by atoms with Gasteiger partial charge in [-0.05, 0) is 90.1 Å². The molecule has 0 aromatic heterocycles. The minimum atomic E-state index is 1.09. The summed E-state index contributed by atoms with van der Waals surface area (Å²) >= 11 is 0. The maximum atomic E-state index is 2.36. The second kappa shape index (κ2) is 6.97. The van der Waals surface area contributed by atoms with E-state index in [1.165, 1.54) is 59.1 Å². The Bertz CT molecular complexity index is 790. The predicted octanol–water partition coefficient (Wildman–Crippen LogP) is 6.70. The number of fused-ring (bicyclic) bond motifs is 1. The first-order valence-electron chi connectivity index (χ1n) is 9.48. The van der Waals surface area contributed by atoms with Crippen molar-refractivity contribution in [3.8, 4) is 0 Å². The van der Waals surface area contributed by atoms with Gasteiger partial charge >= 0.3 is 0 Å². The summed E-state index contributed by atoms with van der Waals surface area (Å²) in [6.07, 6.45) is 5.91. The Morgan fingerprint density at radius 3 is 2.33 bits per heavy atom. The van der Waals surface area contributed by atoms with E-state index in [0.717, 1.165) is 6.42 Å². The van der Waals surface area contributed by atoms with Crippen molar-refractivity contribution >= 4 is 11.1 Å². The van der Waals surface area contributed by atoms with Crippen LogP contribution in [0.3, 0.4) is 0 Å². The third-order valence-corrected chi connectivity index (χ3v) is 5.63. The molecule has 2 aromatic rings. The van der Waals surface area contributed by atoms with E-state index in [-0.39, 0.29) is 0 Å². The van der Waals surface area contributed by atoms with Gasteiger partial charge in [0.25, 0.3) is 0 Å². The van der Waals surface area contributed by atoms with Gasteiger partial charge in [-0.25, -0.2) is 0 Å². The van der Waals surface area contributed by atoms with Gasteiger partial charge in [0, 0.05) is 0 Å². The van der Waals surface area contributed by atoms with E-state index < -0.39 is 0 Å². The van der Waals surface area contributed by atoms with Gasteiger partial charge in [-0.15, -0.1) is 0 Å². The smallest absolute Gasteiger partial charge is 0.00107 e. The van der Waals surface area contributed by atoms with Crippen molar-refractivity contribution in [2.24, 2.45) is 0 Å². The number of rotatable bonds is 5. The molecule has 2 aromatic carbocycles. The summed E-state index contributed by atoms with van der Waals surface area (Å²) in [6.45, 7) is 11.4. The molecule has 0 radical (unpaired) electrons. The molecule has 0 bridgehead atoms. The van der Waals surface area contributed by atoms with Crippen LogP contribution >= 0.6 is 0 Å². The predicted molar refractivity (Wildman–Crippen MR) is 107 cm³/mol. The minimum absolute atomic E-state index is 1.09. The fourth-order valence-corrected chi connectivity index (χ4v) is 4.28. The van der Waals surface area contributed by atoms with Crippen LogP contribution in [0.2, 0.25) is 0 Å². The van der Waals surface area contributed by atoms with Crippen molar-refractivity contribution in [1.29, 1.82) is 0 Å². The third-order valence-electron chi connectivity index (χ3n) is 5.63. The molecule has 3 rings (SSSR count). The maximum absolute atomic E-state index is 2.36. The summed E-state index contributed by atoms with van der Waals surface area (Å²) in [5, 5.41) is 0. The van der Waals surface area contributed by atoms with Crippen LogP contribution in [-0.4, -0.2) is 0 Å². The molecular weight excluding hydrogens is 288 g/mol. The Balaban J connectivity index is 2.15. The molecule has 0 heterocycles. The lowest BCUT2D eigenvalue weighted by Gasteiger charge is -2.16. The highest BCUT2D eigenvalue weighted by atomic mass is 14.3. The summed E-state index contributed by atoms with van der Waals surface area (Å²) in [4.78, 5) is 0. The topological polar surface area (TPSA) is 0 Å². The number of allylic oxidation sites excluding steroid dienone is 2. The van der Waals surface area contributed by atoms with Crippen LogP contribution in [0.15, 0.2) is 30.3 Å². The monoisotopic (exact) mass is 318 g/mol. The molecule has 0 amide bonds. The van der Waals surface area contributed by atoms with Crippen molar-refractivity contribution in [3.05, 3.63) is 69.3 Å². The lowest BCUT2D eigenvalue weighted by molar-refractivity contribution is 0.858. The van der Waals surface area contributed by atoms with Crippen LogP contribution in [0.5, 0.6) is 0 Å². The van der Waals surface area contributed by atoms with E-state index in [2.05, 4.69) is 65.0 Å². The normalized spacial score (nSPS) is 13.5. The van der Waals surface area contributed by atoms with Crippen molar-refractivity contribution in [2.75, 3.05) is 0 Å². The first-order valence-corrected chi connectivity index (χ1v) is 9.48. The Labute approximate surface area is 147 Å². The van der Waals surface area contributed by atoms with Gasteiger partial charge < -0.3 is 0 Å². The average molecular weight is 319 g/mol. The van der Waals surface area contributed by atoms with Crippen LogP contribution in [0, 0.1) is 13.8 Å². The minimum Gasteiger partial charge on any atom is -0.0651 e. The summed E-state index contributed by atoms with van der Waals surface area (Å²) in [6, 6.07) is 11.6. The van der Waals surface area contributed by atoms with Crippen molar-refractivity contribution in [1.82, 2.24) is 0 Å². The van der Waals surface area contributed by atoms with Gasteiger partial charge in [-0.2, -0.15) is 0 Å². The summed E-state index contributed by atoms with van der Waals surface area (Å²) < 4.78 is 0. The van der Waals surface area contributed by atoms with Crippen molar-refractivity contribution in [2.45, 2.75) is 66.7 Å². The molecule has 0 nitrogen and oxygen atoms in total. The molecule has 0 aliphatic heterocycles. The molecule has 1 aliphatic carbocycles. The van der Waals surface area contributed by atoms with E-state index in [4.69, 9.17) is 0 Å². The third kappa shape index (κ3) is 2.83. The molecule has 0 heteroatoms. The van der Waals surface area contributed by atoms with Crippen LogP contribution < -0.4 is 0 Å². The summed E-state index contributed by atoms with van der Waals surface area (Å²) in [7, 11) is 0. The fourth-order valence-electron chi connectivity index (χ4n) is 4.28. The quantitative estimate of drug-likeness (QED) is 0.575. The molecule has 24 heavy (non-hydrogen) atoms. The van der Waals surface area contributed by atoms with Gasteiger partial charge in [0.15, 0.2) is 0 Å². The molecule has 0 spiro atoms. The molecule has 0 N–H and O–H groups in total. The zero-order valence-corrected chi connectivity index (χ0v) is 15.9. The molecule has 0 fully saturated rings. The Morgan fingerprint density at radius 2 is 1.62 bits per heavy atom. The van der Waals surface area contributed by atoms with Gasteiger partial charge in [-0.1, -0.05) is 57.0 Å². The van der Waals surface area contributed by atoms with E-state index >= 15 is 0 Å². The van der Waals surface area contributed by atoms with E-state index in [9.17, 15) is 0 Å². The van der Waals surface area contributed by atoms with Gasteiger partial charge in [0.05, 0.1) is 0 Å². The zero-order chi connectivity index (χ0) is 17.3. The molecule has 1 aliphatic rings. The Morgan fingerprint density at radius 1 is 0.875 bits per heavy atom. The first-order chi connectivity index (χ1) is 11.6. The lowest BCUT2D eigenvalue weighted by Crippen LogP contribution is -2.00. The second-order valence-electron chi connectivity index (χ2n) is 7.27. The Hall–Kier alpha value is -1.82. The van der Waals surface area contributed by atoms with E-state index in [1.807, 2.05) is 0 Å². The van der Waals surface area contributed by atoms with Crippen molar-refractivity contribution in [3.63, 3.8) is 0 Å². The van der Waals surface area contributed by atoms with Gasteiger partial charge in [-0.3, -0.25) is 0 Å². The van der Waals surface area contributed by atoms with Gasteiger partial charge in [0.1, 0.15) is 0 Å². The molecule has 0 atom stereocenters. The highest BCUT2D eigenvalue weighted by molar-refractivity contribution is 5.98. The molecule has 126 valence electrons. The standard InChI is InChI=1S/C24H30/c1-6-9-19-11-8-12-22(21(19)10-7-2)23-15-20-14-13-16(3)17(4)24(20)18(23)5/h8,11-14H,6-7,9-10,15H2,1-5H3. The number of hydrogen-bond acceptors (Lipinski definition) is 0. The van der Waals surface area contributed by atoms with E-state index in [1.54, 1.807) is 16.7 Å². The number of aryl methyl sites for hydroxylation is 2. The maximum Gasteiger partial charge on any atom is -0.00107 e. The Kier molecular flexibility index (Phi) is 4.94. The van der Waals surface area contributed by atoms with Crippen LogP contribution in [-0.2, 0) is 19.3 Å². The fraction of sp³-hybridized carbons (Fsp3) is 0.417. The highest BCUT2D eigenvalue weighted by Crippen LogP contribution is 2.42. The van der Waals surface area contributed by atoms with Crippen molar-refractivity contribution < 1.29 is 0 Å². The largest absolute Gasteiger partial charge is 0.0651 e. The molecule has 0 unspecified atom stereocenters. The summed E-state index contributed by atoms with van der Waals surface area (Å²) in [5.74, 6) is 0. The zero-order valence-electron chi connectivity index (χ0n) is 15.9. The lowest BCUT2D eigenvalue weighted by atomic mass is 9.89. The molecule has 0 saturated heterocycles. The van der Waals surface area contributed by atoms with Crippen LogP contribution in [0.25, 0.3) is 11.1 Å². The second-order valence-corrected chi connectivity index (χ2v) is 7.27. The van der Waals surface area contributed by atoms with Crippen LogP contribution in [0.4, 0.5) is 0 Å². The highest BCUT2D eigenvalue weighted by Gasteiger charge is 2.23. The van der Waals surface area contributed by atoms with Crippen LogP contribution in [0.1, 0.15) is 72.6 Å². The van der Waals surface area contributed by atoms with Gasteiger partial charge in [0.2, 0.25) is 0 Å². The number of benzene rings is 2. The number of hydrogen-bond donors (Lipinski definition) is 0. The first kappa shape index (κ1) is 17.0. The summed E-state index contributed by atoms with van der Waals surface area (Å²) in [5.41, 5.74) is 13.6. The molecule has 0 saturated carbocycles. The van der Waals surface area contributed by atoms with E-state index in [0.29, 0.717) is 0 Å². The average Bonchev–Trinajstić information content (AvgIpc) is 2.90. The molecular formula is C24H30.